The van der Waals surface area contributed by atoms with Gasteiger partial charge >= 0.3 is 6.09 Å². The van der Waals surface area contributed by atoms with Crippen molar-refractivity contribution in [1.29, 1.82) is 0 Å². The SMILES string of the molecule is CC(C)n1c(=O)cnc2cnc(N[C@H]3CC[C@H](OC(N)=O)CC3)nc21. The van der Waals surface area contributed by atoms with E-state index < -0.39 is 6.09 Å². The maximum absolute atomic E-state index is 12.1. The Labute approximate surface area is 144 Å². The standard InChI is InChI=1S/C16H22N6O3/c1-9(2)22-13(23)8-18-12-7-19-16(21-14(12)22)20-10-3-5-11(6-4-10)25-15(17)24/h7-11H,3-6H2,1-2H3,(H2,17,24)(H,19,20,21)/t10-,11-. The maximum atomic E-state index is 12.1. The summed E-state index contributed by atoms with van der Waals surface area (Å²) in [5, 5.41) is 3.30. The first kappa shape index (κ1) is 17.1. The van der Waals surface area contributed by atoms with Crippen LogP contribution in [0.3, 0.4) is 0 Å². The predicted octanol–water partition coefficient (Wildman–Crippen LogP) is 1.59. The molecule has 0 atom stereocenters. The summed E-state index contributed by atoms with van der Waals surface area (Å²) in [5.41, 5.74) is 5.97. The number of nitrogens with one attached hydrogen (secondary N) is 1. The highest BCUT2D eigenvalue weighted by Gasteiger charge is 2.24. The molecule has 9 heteroatoms. The van der Waals surface area contributed by atoms with Crippen LogP contribution in [0.15, 0.2) is 17.2 Å². The van der Waals surface area contributed by atoms with Gasteiger partial charge in [-0.25, -0.2) is 14.8 Å². The van der Waals surface area contributed by atoms with Gasteiger partial charge in [-0.2, -0.15) is 4.98 Å². The van der Waals surface area contributed by atoms with E-state index in [4.69, 9.17) is 10.5 Å². The minimum atomic E-state index is -0.728. The van der Waals surface area contributed by atoms with Gasteiger partial charge in [-0.15, -0.1) is 0 Å². The summed E-state index contributed by atoms with van der Waals surface area (Å²) >= 11 is 0. The van der Waals surface area contributed by atoms with Gasteiger partial charge in [0.25, 0.3) is 5.56 Å². The van der Waals surface area contributed by atoms with Crippen LogP contribution in [0.2, 0.25) is 0 Å². The molecule has 1 fully saturated rings. The fraction of sp³-hybridized carbons (Fsp3) is 0.562. The Morgan fingerprint density at radius 3 is 2.64 bits per heavy atom. The molecule has 0 aromatic carbocycles. The highest BCUT2D eigenvalue weighted by atomic mass is 16.6. The molecule has 0 radical (unpaired) electrons. The summed E-state index contributed by atoms with van der Waals surface area (Å²) in [6.45, 7) is 3.85. The van der Waals surface area contributed by atoms with Crippen molar-refractivity contribution in [1.82, 2.24) is 19.5 Å². The molecule has 1 aliphatic rings. The van der Waals surface area contributed by atoms with Crippen molar-refractivity contribution in [2.75, 3.05) is 5.32 Å². The number of hydrogen-bond donors (Lipinski definition) is 2. The van der Waals surface area contributed by atoms with Crippen molar-refractivity contribution in [3.05, 3.63) is 22.7 Å². The molecular formula is C16H22N6O3. The molecule has 0 spiro atoms. The van der Waals surface area contributed by atoms with E-state index in [1.54, 1.807) is 10.8 Å². The van der Waals surface area contributed by atoms with E-state index in [9.17, 15) is 9.59 Å². The van der Waals surface area contributed by atoms with E-state index in [1.807, 2.05) is 13.8 Å². The Balaban J connectivity index is 1.76. The molecule has 1 saturated carbocycles. The Kier molecular flexibility index (Phi) is 4.82. The first-order valence-electron chi connectivity index (χ1n) is 8.41. The van der Waals surface area contributed by atoms with Gasteiger partial charge in [0.1, 0.15) is 11.6 Å². The van der Waals surface area contributed by atoms with Crippen molar-refractivity contribution < 1.29 is 9.53 Å². The summed E-state index contributed by atoms with van der Waals surface area (Å²) in [6, 6.07) is 0.156. The Morgan fingerprint density at radius 2 is 2.00 bits per heavy atom. The maximum Gasteiger partial charge on any atom is 0.404 e. The number of aromatic nitrogens is 4. The fourth-order valence-corrected chi connectivity index (χ4v) is 3.17. The van der Waals surface area contributed by atoms with Crippen LogP contribution in [0.4, 0.5) is 10.7 Å². The summed E-state index contributed by atoms with van der Waals surface area (Å²) < 4.78 is 6.64. The fourth-order valence-electron chi connectivity index (χ4n) is 3.17. The molecule has 3 N–H and O–H groups in total. The lowest BCUT2D eigenvalue weighted by atomic mass is 9.93. The number of carbonyl (C=O) groups excluding carboxylic acids is 1. The molecule has 2 heterocycles. The molecule has 2 aromatic rings. The third-order valence-corrected chi connectivity index (χ3v) is 4.34. The van der Waals surface area contributed by atoms with Gasteiger partial charge in [-0.05, 0) is 39.5 Å². The van der Waals surface area contributed by atoms with Crippen LogP contribution in [-0.4, -0.2) is 37.8 Å². The van der Waals surface area contributed by atoms with Gasteiger partial charge in [-0.3, -0.25) is 9.36 Å². The third kappa shape index (κ3) is 3.86. The molecule has 2 aromatic heterocycles. The van der Waals surface area contributed by atoms with E-state index in [2.05, 4.69) is 20.3 Å². The Morgan fingerprint density at radius 1 is 1.28 bits per heavy atom. The van der Waals surface area contributed by atoms with Gasteiger partial charge in [-0.1, -0.05) is 0 Å². The van der Waals surface area contributed by atoms with E-state index in [-0.39, 0.29) is 23.7 Å². The smallest absolute Gasteiger partial charge is 0.404 e. The van der Waals surface area contributed by atoms with E-state index in [0.717, 1.165) is 25.7 Å². The molecule has 0 unspecified atom stereocenters. The zero-order valence-corrected chi connectivity index (χ0v) is 14.3. The van der Waals surface area contributed by atoms with Crippen LogP contribution in [0.5, 0.6) is 0 Å². The monoisotopic (exact) mass is 346 g/mol. The van der Waals surface area contributed by atoms with Gasteiger partial charge in [0.15, 0.2) is 5.65 Å². The summed E-state index contributed by atoms with van der Waals surface area (Å²) in [6.07, 6.45) is 5.19. The molecule has 0 saturated heterocycles. The van der Waals surface area contributed by atoms with E-state index in [0.29, 0.717) is 17.1 Å². The van der Waals surface area contributed by atoms with Crippen molar-refractivity contribution in [2.24, 2.45) is 5.73 Å². The number of rotatable bonds is 4. The van der Waals surface area contributed by atoms with Crippen molar-refractivity contribution in [3.8, 4) is 0 Å². The van der Waals surface area contributed by atoms with Gasteiger partial charge in [0.2, 0.25) is 5.95 Å². The number of anilines is 1. The molecule has 1 amide bonds. The lowest BCUT2D eigenvalue weighted by molar-refractivity contribution is 0.0805. The average Bonchev–Trinajstić information content (AvgIpc) is 2.55. The molecule has 9 nitrogen and oxygen atoms in total. The van der Waals surface area contributed by atoms with Crippen LogP contribution in [0.25, 0.3) is 11.2 Å². The number of carbonyl (C=O) groups is 1. The highest BCUT2D eigenvalue weighted by Crippen LogP contribution is 2.23. The van der Waals surface area contributed by atoms with Crippen LogP contribution < -0.4 is 16.6 Å². The van der Waals surface area contributed by atoms with Crippen molar-refractivity contribution in [3.63, 3.8) is 0 Å². The number of hydrogen-bond acceptors (Lipinski definition) is 7. The second-order valence-electron chi connectivity index (χ2n) is 6.52. The third-order valence-electron chi connectivity index (χ3n) is 4.34. The topological polar surface area (TPSA) is 125 Å². The second-order valence-corrected chi connectivity index (χ2v) is 6.52. The summed E-state index contributed by atoms with van der Waals surface area (Å²) in [7, 11) is 0. The molecule has 3 rings (SSSR count). The number of fused-ring (bicyclic) bond motifs is 1. The molecule has 25 heavy (non-hydrogen) atoms. The van der Waals surface area contributed by atoms with Crippen LogP contribution in [0, 0.1) is 0 Å². The number of primary amides is 1. The Hall–Kier alpha value is -2.71. The highest BCUT2D eigenvalue weighted by molar-refractivity contribution is 5.70. The normalized spacial score (nSPS) is 20.6. The molecule has 134 valence electrons. The number of amides is 1. The van der Waals surface area contributed by atoms with Crippen LogP contribution in [-0.2, 0) is 4.74 Å². The molecule has 0 bridgehead atoms. The van der Waals surface area contributed by atoms with E-state index >= 15 is 0 Å². The zero-order chi connectivity index (χ0) is 18.0. The van der Waals surface area contributed by atoms with Crippen LogP contribution in [0.1, 0.15) is 45.6 Å². The Bertz CT molecular complexity index is 826. The average molecular weight is 346 g/mol. The van der Waals surface area contributed by atoms with Crippen LogP contribution >= 0.6 is 0 Å². The number of ether oxygens (including phenoxy) is 1. The lowest BCUT2D eigenvalue weighted by Gasteiger charge is -2.28. The lowest BCUT2D eigenvalue weighted by Crippen LogP contribution is -2.33. The minimum Gasteiger partial charge on any atom is -0.446 e. The minimum absolute atomic E-state index is 0.0258. The van der Waals surface area contributed by atoms with E-state index in [1.165, 1.54) is 6.20 Å². The number of nitrogens with zero attached hydrogens (tertiary/aromatic N) is 4. The van der Waals surface area contributed by atoms with Crippen molar-refractivity contribution in [2.45, 2.75) is 57.7 Å². The van der Waals surface area contributed by atoms with Gasteiger partial charge < -0.3 is 15.8 Å². The number of nitrogens with two attached hydrogens (primary N) is 1. The molecular weight excluding hydrogens is 324 g/mol. The largest absolute Gasteiger partial charge is 0.446 e. The van der Waals surface area contributed by atoms with Gasteiger partial charge in [0.05, 0.1) is 12.4 Å². The van der Waals surface area contributed by atoms with Crippen molar-refractivity contribution >= 4 is 23.2 Å². The predicted molar refractivity (Wildman–Crippen MR) is 92.3 cm³/mol. The second kappa shape index (κ2) is 7.04. The quantitative estimate of drug-likeness (QED) is 0.861. The summed E-state index contributed by atoms with van der Waals surface area (Å²) in [5.74, 6) is 0.466. The molecule has 1 aliphatic carbocycles. The first-order valence-corrected chi connectivity index (χ1v) is 8.41. The zero-order valence-electron chi connectivity index (χ0n) is 14.3. The molecule has 0 aliphatic heterocycles. The summed E-state index contributed by atoms with van der Waals surface area (Å²) in [4.78, 5) is 35.8. The first-order chi connectivity index (χ1) is 11.9. The van der Waals surface area contributed by atoms with Gasteiger partial charge in [0, 0.05) is 12.1 Å².